The summed E-state index contributed by atoms with van der Waals surface area (Å²) in [6, 6.07) is 7.32. The first-order valence-electron chi connectivity index (χ1n) is 6.43. The van der Waals surface area contributed by atoms with E-state index in [1.165, 1.54) is 19.3 Å². The van der Waals surface area contributed by atoms with E-state index in [1.807, 2.05) is 12.1 Å². The highest BCUT2D eigenvalue weighted by molar-refractivity contribution is 5.33. The second-order valence-electron chi connectivity index (χ2n) is 4.82. The van der Waals surface area contributed by atoms with Crippen LogP contribution in [0.4, 0.5) is 5.82 Å². The van der Waals surface area contributed by atoms with Crippen molar-refractivity contribution in [3.63, 3.8) is 0 Å². The van der Waals surface area contributed by atoms with Gasteiger partial charge in [-0.1, -0.05) is 13.0 Å². The van der Waals surface area contributed by atoms with Crippen LogP contribution in [-0.2, 0) is 6.54 Å². The number of hydrazine groups is 1. The van der Waals surface area contributed by atoms with Gasteiger partial charge in [-0.3, -0.25) is 4.90 Å². The summed E-state index contributed by atoms with van der Waals surface area (Å²) in [5.74, 6) is 6.12. The number of hydrogen-bond acceptors (Lipinski definition) is 4. The molecule has 2 rings (SSSR count). The molecule has 1 saturated heterocycles. The Morgan fingerprint density at radius 1 is 1.47 bits per heavy atom. The lowest BCUT2D eigenvalue weighted by Crippen LogP contribution is -2.33. The zero-order chi connectivity index (χ0) is 12.3. The highest BCUT2D eigenvalue weighted by Gasteiger charge is 2.29. The van der Waals surface area contributed by atoms with Crippen LogP contribution < -0.4 is 11.3 Å². The molecule has 17 heavy (non-hydrogen) atoms. The Kier molecular flexibility index (Phi) is 3.97. The molecule has 0 saturated carbocycles. The molecule has 2 unspecified atom stereocenters. The zero-order valence-electron chi connectivity index (χ0n) is 10.7. The van der Waals surface area contributed by atoms with Gasteiger partial charge in [-0.25, -0.2) is 10.8 Å². The van der Waals surface area contributed by atoms with E-state index in [0.717, 1.165) is 18.1 Å². The summed E-state index contributed by atoms with van der Waals surface area (Å²) in [6.07, 6.45) is 3.83. The van der Waals surface area contributed by atoms with E-state index in [4.69, 9.17) is 5.84 Å². The summed E-state index contributed by atoms with van der Waals surface area (Å²) >= 11 is 0. The molecule has 0 aliphatic carbocycles. The molecule has 1 aromatic rings. The predicted molar refractivity (Wildman–Crippen MR) is 70.4 cm³/mol. The maximum absolute atomic E-state index is 5.38. The number of pyridine rings is 1. The van der Waals surface area contributed by atoms with E-state index in [1.54, 1.807) is 0 Å². The van der Waals surface area contributed by atoms with Crippen molar-refractivity contribution < 1.29 is 0 Å². The average Bonchev–Trinajstić information content (AvgIpc) is 2.71. The van der Waals surface area contributed by atoms with E-state index in [0.29, 0.717) is 12.1 Å². The molecule has 0 aromatic carbocycles. The van der Waals surface area contributed by atoms with Gasteiger partial charge < -0.3 is 5.43 Å². The number of nitrogens with two attached hydrogens (primary N) is 1. The number of hydrogen-bond donors (Lipinski definition) is 2. The van der Waals surface area contributed by atoms with Gasteiger partial charge in [0, 0.05) is 18.6 Å². The Hall–Kier alpha value is -1.13. The third-order valence-corrected chi connectivity index (χ3v) is 3.72. The van der Waals surface area contributed by atoms with Crippen molar-refractivity contribution in [3.8, 4) is 0 Å². The van der Waals surface area contributed by atoms with Crippen molar-refractivity contribution in [1.29, 1.82) is 0 Å². The molecule has 4 nitrogen and oxygen atoms in total. The average molecular weight is 234 g/mol. The Bertz CT molecular complexity index is 366. The standard InChI is InChI=1S/C13H22N4/c1-3-12-8-7-10(2)17(12)9-11-5-4-6-13(15-11)16-14/h4-6,10,12H,3,7-9,14H2,1-2H3,(H,15,16). The fourth-order valence-corrected chi connectivity index (χ4v) is 2.68. The molecular weight excluding hydrogens is 212 g/mol. The summed E-state index contributed by atoms with van der Waals surface area (Å²) in [5.41, 5.74) is 3.69. The fraction of sp³-hybridized carbons (Fsp3) is 0.615. The number of nitrogens with zero attached hydrogens (tertiary/aromatic N) is 2. The normalized spacial score (nSPS) is 25.1. The Morgan fingerprint density at radius 3 is 3.00 bits per heavy atom. The van der Waals surface area contributed by atoms with E-state index < -0.39 is 0 Å². The van der Waals surface area contributed by atoms with Gasteiger partial charge in [0.2, 0.25) is 0 Å². The van der Waals surface area contributed by atoms with Gasteiger partial charge in [0.15, 0.2) is 0 Å². The molecule has 0 amide bonds. The van der Waals surface area contributed by atoms with E-state index in [-0.39, 0.29) is 0 Å². The van der Waals surface area contributed by atoms with Crippen LogP contribution in [0.5, 0.6) is 0 Å². The third-order valence-electron chi connectivity index (χ3n) is 3.72. The van der Waals surface area contributed by atoms with Crippen LogP contribution in [0.1, 0.15) is 38.8 Å². The molecule has 4 heteroatoms. The Morgan fingerprint density at radius 2 is 2.29 bits per heavy atom. The monoisotopic (exact) mass is 234 g/mol. The van der Waals surface area contributed by atoms with Crippen molar-refractivity contribution in [2.24, 2.45) is 5.84 Å². The molecule has 0 bridgehead atoms. The highest BCUT2D eigenvalue weighted by atomic mass is 15.3. The maximum atomic E-state index is 5.38. The molecular formula is C13H22N4. The van der Waals surface area contributed by atoms with Gasteiger partial charge in [0.25, 0.3) is 0 Å². The van der Waals surface area contributed by atoms with Gasteiger partial charge in [0.1, 0.15) is 5.82 Å². The van der Waals surface area contributed by atoms with Crippen LogP contribution >= 0.6 is 0 Å². The third kappa shape index (κ3) is 2.76. The first-order chi connectivity index (χ1) is 8.24. The fourth-order valence-electron chi connectivity index (χ4n) is 2.68. The summed E-state index contributed by atoms with van der Waals surface area (Å²) in [7, 11) is 0. The number of nitrogens with one attached hydrogen (secondary N) is 1. The quantitative estimate of drug-likeness (QED) is 0.619. The van der Waals surface area contributed by atoms with Gasteiger partial charge in [-0.2, -0.15) is 0 Å². The second-order valence-corrected chi connectivity index (χ2v) is 4.82. The van der Waals surface area contributed by atoms with Gasteiger partial charge in [-0.05, 0) is 38.3 Å². The number of aromatic nitrogens is 1. The molecule has 94 valence electrons. The Balaban J connectivity index is 2.08. The van der Waals surface area contributed by atoms with Crippen molar-refractivity contribution in [3.05, 3.63) is 23.9 Å². The van der Waals surface area contributed by atoms with Crippen LogP contribution in [0.15, 0.2) is 18.2 Å². The van der Waals surface area contributed by atoms with Crippen molar-refractivity contribution in [2.45, 2.75) is 51.7 Å². The molecule has 3 N–H and O–H groups in total. The minimum atomic E-state index is 0.663. The molecule has 2 heterocycles. The molecule has 1 aromatic heterocycles. The molecule has 0 radical (unpaired) electrons. The molecule has 1 aliphatic heterocycles. The SMILES string of the molecule is CCC1CCC(C)N1Cc1cccc(NN)n1. The minimum Gasteiger partial charge on any atom is -0.308 e. The van der Waals surface area contributed by atoms with Crippen LogP contribution in [0, 0.1) is 0 Å². The number of likely N-dealkylation sites (tertiary alicyclic amines) is 1. The molecule has 0 spiro atoms. The lowest BCUT2D eigenvalue weighted by atomic mass is 10.1. The minimum absolute atomic E-state index is 0.663. The van der Waals surface area contributed by atoms with Gasteiger partial charge >= 0.3 is 0 Å². The smallest absolute Gasteiger partial charge is 0.140 e. The number of nitrogen functional groups attached to an aromatic ring is 1. The summed E-state index contributed by atoms with van der Waals surface area (Å²) in [6.45, 7) is 5.50. The number of anilines is 1. The van der Waals surface area contributed by atoms with Crippen LogP contribution in [0.3, 0.4) is 0 Å². The molecule has 2 atom stereocenters. The van der Waals surface area contributed by atoms with E-state index in [9.17, 15) is 0 Å². The van der Waals surface area contributed by atoms with E-state index >= 15 is 0 Å². The summed E-state index contributed by atoms with van der Waals surface area (Å²) in [5, 5.41) is 0. The van der Waals surface area contributed by atoms with Crippen LogP contribution in [0.25, 0.3) is 0 Å². The molecule has 1 aliphatic rings. The van der Waals surface area contributed by atoms with Crippen molar-refractivity contribution in [2.75, 3.05) is 5.43 Å². The first kappa shape index (κ1) is 12.3. The lowest BCUT2D eigenvalue weighted by molar-refractivity contribution is 0.187. The lowest BCUT2D eigenvalue weighted by Gasteiger charge is -2.27. The van der Waals surface area contributed by atoms with Crippen molar-refractivity contribution in [1.82, 2.24) is 9.88 Å². The number of rotatable bonds is 4. The topological polar surface area (TPSA) is 54.2 Å². The van der Waals surface area contributed by atoms with Crippen molar-refractivity contribution >= 4 is 5.82 Å². The zero-order valence-corrected chi connectivity index (χ0v) is 10.7. The molecule has 1 fully saturated rings. The summed E-state index contributed by atoms with van der Waals surface area (Å²) < 4.78 is 0. The van der Waals surface area contributed by atoms with E-state index in [2.05, 4.69) is 35.2 Å². The highest BCUT2D eigenvalue weighted by Crippen LogP contribution is 2.27. The van der Waals surface area contributed by atoms with Crippen LogP contribution in [-0.4, -0.2) is 22.0 Å². The predicted octanol–water partition coefficient (Wildman–Crippen LogP) is 2.13. The first-order valence-corrected chi connectivity index (χ1v) is 6.43. The maximum Gasteiger partial charge on any atom is 0.140 e. The van der Waals surface area contributed by atoms with Gasteiger partial charge in [-0.15, -0.1) is 0 Å². The van der Waals surface area contributed by atoms with Gasteiger partial charge in [0.05, 0.1) is 5.69 Å². The Labute approximate surface area is 103 Å². The van der Waals surface area contributed by atoms with Crippen LogP contribution in [0.2, 0.25) is 0 Å². The largest absolute Gasteiger partial charge is 0.308 e. The summed E-state index contributed by atoms with van der Waals surface area (Å²) in [4.78, 5) is 7.04. The second kappa shape index (κ2) is 5.47.